The second-order valence-electron chi connectivity index (χ2n) is 7.53. The number of nitrogens with one attached hydrogen (secondary N) is 1. The summed E-state index contributed by atoms with van der Waals surface area (Å²) in [5.74, 6) is 0.321. The molecule has 0 spiro atoms. The van der Waals surface area contributed by atoms with Gasteiger partial charge in [-0.3, -0.25) is 9.69 Å². The molecule has 0 aliphatic carbocycles. The lowest BCUT2D eigenvalue weighted by molar-refractivity contribution is -0.138. The molecule has 158 valence electrons. The zero-order chi connectivity index (χ0) is 21.3. The topological polar surface area (TPSA) is 65.1 Å². The first-order valence-electron chi connectivity index (χ1n) is 9.80. The quantitative estimate of drug-likeness (QED) is 0.707. The summed E-state index contributed by atoms with van der Waals surface area (Å²) in [6.45, 7) is 4.94. The molecule has 9 heteroatoms. The number of pyridine rings is 1. The highest BCUT2D eigenvalue weighted by Crippen LogP contribution is 2.28. The molecule has 0 amide bonds. The molecule has 1 unspecified atom stereocenters. The van der Waals surface area contributed by atoms with E-state index < -0.39 is 11.7 Å². The Morgan fingerprint density at radius 3 is 2.33 bits per heavy atom. The maximum atomic E-state index is 12.7. The monoisotopic (exact) mass is 417 g/mol. The van der Waals surface area contributed by atoms with E-state index >= 15 is 0 Å². The van der Waals surface area contributed by atoms with E-state index in [1.54, 1.807) is 6.20 Å². The van der Waals surface area contributed by atoms with E-state index in [1.807, 2.05) is 29.2 Å². The van der Waals surface area contributed by atoms with Crippen LogP contribution >= 0.6 is 0 Å². The molecule has 1 aromatic carbocycles. The number of aromatic amines is 1. The molecule has 1 N–H and O–H groups in total. The maximum absolute atomic E-state index is 12.7. The highest BCUT2D eigenvalue weighted by molar-refractivity contribution is 5.84. The van der Waals surface area contributed by atoms with Crippen LogP contribution in [0.15, 0.2) is 47.7 Å². The van der Waals surface area contributed by atoms with Gasteiger partial charge >= 0.3 is 6.18 Å². The fraction of sp³-hybridized carbons (Fsp3) is 0.381. The molecular formula is C21H22F3N5O. The number of hydrogen-bond acceptors (Lipinski definition) is 5. The minimum atomic E-state index is -4.43. The average Bonchev–Trinajstić information content (AvgIpc) is 2.75. The third-order valence-corrected chi connectivity index (χ3v) is 5.60. The standard InChI is InChI=1S/C21H22F3N5O/c1-14(10-15-11-25-19(30)18-5-3-2-4-17(15)18)28-6-8-29(9-7-28)20-26-12-16(13-27-20)21(22,23)24/h2-5,11-14H,6-10H2,1H3,(H,25,30). The van der Waals surface area contributed by atoms with E-state index in [0.29, 0.717) is 24.4 Å². The van der Waals surface area contributed by atoms with Crippen LogP contribution in [0, 0.1) is 0 Å². The zero-order valence-electron chi connectivity index (χ0n) is 16.5. The molecule has 6 nitrogen and oxygen atoms in total. The third kappa shape index (κ3) is 4.16. The van der Waals surface area contributed by atoms with Crippen molar-refractivity contribution in [2.45, 2.75) is 25.6 Å². The number of anilines is 1. The molecular weight excluding hydrogens is 395 g/mol. The summed E-state index contributed by atoms with van der Waals surface area (Å²) in [6, 6.07) is 7.82. The molecule has 1 aliphatic rings. The smallest absolute Gasteiger partial charge is 0.338 e. The molecule has 4 rings (SSSR count). The van der Waals surface area contributed by atoms with Crippen LogP contribution in [0.25, 0.3) is 10.8 Å². The van der Waals surface area contributed by atoms with E-state index in [-0.39, 0.29) is 11.6 Å². The lowest BCUT2D eigenvalue weighted by Crippen LogP contribution is -2.50. The molecule has 3 aromatic rings. The van der Waals surface area contributed by atoms with Gasteiger partial charge in [0.2, 0.25) is 5.95 Å². The number of piperazine rings is 1. The Hall–Kier alpha value is -2.94. The van der Waals surface area contributed by atoms with Gasteiger partial charge in [-0.05, 0) is 30.4 Å². The third-order valence-electron chi connectivity index (χ3n) is 5.60. The lowest BCUT2D eigenvalue weighted by Gasteiger charge is -2.38. The van der Waals surface area contributed by atoms with Crippen LogP contribution in [-0.2, 0) is 12.6 Å². The van der Waals surface area contributed by atoms with Crippen molar-refractivity contribution >= 4 is 16.7 Å². The summed E-state index contributed by atoms with van der Waals surface area (Å²) in [4.78, 5) is 26.9. The number of halogens is 3. The van der Waals surface area contributed by atoms with Gasteiger partial charge in [-0.2, -0.15) is 13.2 Å². The SMILES string of the molecule is CC(Cc1c[nH]c(=O)c2ccccc12)N1CCN(c2ncc(C(F)(F)F)cn2)CC1. The summed E-state index contributed by atoms with van der Waals surface area (Å²) >= 11 is 0. The van der Waals surface area contributed by atoms with Gasteiger partial charge in [-0.15, -0.1) is 0 Å². The predicted molar refractivity (Wildman–Crippen MR) is 109 cm³/mol. The fourth-order valence-electron chi connectivity index (χ4n) is 3.88. The Morgan fingerprint density at radius 2 is 1.70 bits per heavy atom. The summed E-state index contributed by atoms with van der Waals surface area (Å²) in [6.07, 6.45) is -0.197. The van der Waals surface area contributed by atoms with Crippen LogP contribution in [0.4, 0.5) is 19.1 Å². The van der Waals surface area contributed by atoms with E-state index in [1.165, 1.54) is 0 Å². The molecule has 0 radical (unpaired) electrons. The summed E-state index contributed by atoms with van der Waals surface area (Å²) < 4.78 is 38.0. The highest BCUT2D eigenvalue weighted by atomic mass is 19.4. The predicted octanol–water partition coefficient (Wildman–Crippen LogP) is 3.09. The second kappa shape index (κ2) is 8.06. The Bertz CT molecular complexity index is 1070. The largest absolute Gasteiger partial charge is 0.419 e. The van der Waals surface area contributed by atoms with E-state index in [0.717, 1.165) is 42.9 Å². The minimum Gasteiger partial charge on any atom is -0.338 e. The van der Waals surface area contributed by atoms with E-state index in [2.05, 4.69) is 26.8 Å². The van der Waals surface area contributed by atoms with Crippen molar-refractivity contribution in [3.63, 3.8) is 0 Å². The number of fused-ring (bicyclic) bond motifs is 1. The fourth-order valence-corrected chi connectivity index (χ4v) is 3.88. The van der Waals surface area contributed by atoms with Crippen molar-refractivity contribution in [2.75, 3.05) is 31.1 Å². The summed E-state index contributed by atoms with van der Waals surface area (Å²) in [5.41, 5.74) is 0.157. The average molecular weight is 417 g/mol. The normalized spacial score (nSPS) is 16.7. The molecule has 2 aromatic heterocycles. The van der Waals surface area contributed by atoms with Gasteiger partial charge < -0.3 is 9.88 Å². The Kier molecular flexibility index (Phi) is 5.46. The van der Waals surface area contributed by atoms with Crippen LogP contribution in [0.2, 0.25) is 0 Å². The zero-order valence-corrected chi connectivity index (χ0v) is 16.5. The molecule has 1 aliphatic heterocycles. The van der Waals surface area contributed by atoms with Crippen LogP contribution in [-0.4, -0.2) is 52.1 Å². The Labute approximate surface area is 171 Å². The molecule has 30 heavy (non-hydrogen) atoms. The van der Waals surface area contributed by atoms with Crippen molar-refractivity contribution in [3.05, 3.63) is 64.3 Å². The Balaban J connectivity index is 1.40. The first kappa shape index (κ1) is 20.3. The van der Waals surface area contributed by atoms with Crippen LogP contribution < -0.4 is 10.5 Å². The van der Waals surface area contributed by atoms with Crippen molar-refractivity contribution in [3.8, 4) is 0 Å². The van der Waals surface area contributed by atoms with Crippen molar-refractivity contribution in [1.29, 1.82) is 0 Å². The van der Waals surface area contributed by atoms with Gasteiger partial charge in [0.05, 0.1) is 5.56 Å². The number of nitrogens with zero attached hydrogens (tertiary/aromatic N) is 4. The highest BCUT2D eigenvalue weighted by Gasteiger charge is 2.32. The lowest BCUT2D eigenvalue weighted by atomic mass is 10.0. The molecule has 1 fully saturated rings. The van der Waals surface area contributed by atoms with Gasteiger partial charge in [0.1, 0.15) is 0 Å². The summed E-state index contributed by atoms with van der Waals surface area (Å²) in [7, 11) is 0. The molecule has 0 bridgehead atoms. The molecule has 3 heterocycles. The van der Waals surface area contributed by atoms with Crippen molar-refractivity contribution < 1.29 is 13.2 Å². The van der Waals surface area contributed by atoms with E-state index in [4.69, 9.17) is 0 Å². The van der Waals surface area contributed by atoms with Crippen molar-refractivity contribution in [2.24, 2.45) is 0 Å². The molecule has 1 atom stereocenters. The van der Waals surface area contributed by atoms with Crippen molar-refractivity contribution in [1.82, 2.24) is 19.9 Å². The number of alkyl halides is 3. The van der Waals surface area contributed by atoms with Gasteiger partial charge in [0, 0.05) is 56.2 Å². The number of aromatic nitrogens is 3. The van der Waals surface area contributed by atoms with Gasteiger partial charge in [-0.1, -0.05) is 18.2 Å². The number of benzene rings is 1. The van der Waals surface area contributed by atoms with Crippen LogP contribution in [0.5, 0.6) is 0 Å². The maximum Gasteiger partial charge on any atom is 0.419 e. The number of rotatable bonds is 4. The van der Waals surface area contributed by atoms with Crippen LogP contribution in [0.1, 0.15) is 18.1 Å². The van der Waals surface area contributed by atoms with Gasteiger partial charge in [0.15, 0.2) is 0 Å². The van der Waals surface area contributed by atoms with Gasteiger partial charge in [0.25, 0.3) is 5.56 Å². The first-order valence-corrected chi connectivity index (χ1v) is 9.80. The number of H-pyrrole nitrogens is 1. The van der Waals surface area contributed by atoms with E-state index in [9.17, 15) is 18.0 Å². The minimum absolute atomic E-state index is 0.0906. The summed E-state index contributed by atoms with van der Waals surface area (Å²) in [5, 5.41) is 1.65. The second-order valence-corrected chi connectivity index (χ2v) is 7.53. The molecule has 0 saturated carbocycles. The van der Waals surface area contributed by atoms with Crippen LogP contribution in [0.3, 0.4) is 0 Å². The van der Waals surface area contributed by atoms with Gasteiger partial charge in [-0.25, -0.2) is 9.97 Å². The molecule has 1 saturated heterocycles. The Morgan fingerprint density at radius 1 is 1.07 bits per heavy atom. The number of hydrogen-bond donors (Lipinski definition) is 1. The first-order chi connectivity index (χ1) is 14.3.